The molecule has 0 aromatic carbocycles. The largest absolute Gasteiger partial charge is 1.00 e. The van der Waals surface area contributed by atoms with Crippen LogP contribution in [-0.4, -0.2) is 29.9 Å². The molecule has 1 unspecified atom stereocenters. The molecule has 0 amide bonds. The van der Waals surface area contributed by atoms with Crippen molar-refractivity contribution in [3.8, 4) is 0 Å². The molecule has 27 heavy (non-hydrogen) atoms. The molecular formula is C21H43KO4S. The van der Waals surface area contributed by atoms with Gasteiger partial charge in [0.25, 0.3) is 0 Å². The average molecular weight is 431 g/mol. The Morgan fingerprint density at radius 3 is 1.26 bits per heavy atom. The molecule has 0 aliphatic heterocycles. The van der Waals surface area contributed by atoms with E-state index in [0.29, 0.717) is 6.42 Å². The smallest absolute Gasteiger partial charge is 0.748 e. The van der Waals surface area contributed by atoms with Gasteiger partial charge >= 0.3 is 51.4 Å². The second kappa shape index (κ2) is 22.2. The Hall–Kier alpha value is 1.51. The maximum Gasteiger partial charge on any atom is 1.00 e. The van der Waals surface area contributed by atoms with Crippen LogP contribution >= 0.6 is 0 Å². The fourth-order valence-corrected chi connectivity index (χ4v) is 3.90. The summed E-state index contributed by atoms with van der Waals surface area (Å²) in [4.78, 5) is 0. The van der Waals surface area contributed by atoms with Crippen LogP contribution in [0.25, 0.3) is 0 Å². The molecule has 158 valence electrons. The van der Waals surface area contributed by atoms with Crippen LogP contribution < -0.4 is 51.4 Å². The van der Waals surface area contributed by atoms with Gasteiger partial charge in [0.05, 0.1) is 16.2 Å². The van der Waals surface area contributed by atoms with Gasteiger partial charge in [-0.1, -0.05) is 103 Å². The van der Waals surface area contributed by atoms with Gasteiger partial charge in [0.1, 0.15) is 0 Å². The van der Waals surface area contributed by atoms with Crippen LogP contribution in [0.4, 0.5) is 0 Å². The summed E-state index contributed by atoms with van der Waals surface area (Å²) in [7, 11) is -4.01. The summed E-state index contributed by atoms with van der Waals surface area (Å²) in [5, 5.41) is 9.48. The average Bonchev–Trinajstić information content (AvgIpc) is 2.59. The molecule has 1 atom stereocenters. The normalized spacial score (nSPS) is 12.7. The summed E-state index contributed by atoms with van der Waals surface area (Å²) < 4.78 is 31.4. The van der Waals surface area contributed by atoms with E-state index in [2.05, 4.69) is 0 Å². The molecule has 0 radical (unpaired) electrons. The summed E-state index contributed by atoms with van der Waals surface area (Å²) in [6, 6.07) is 0. The fourth-order valence-electron chi connectivity index (χ4n) is 3.34. The topological polar surface area (TPSA) is 77.4 Å². The van der Waals surface area contributed by atoms with Crippen molar-refractivity contribution in [3.63, 3.8) is 0 Å². The summed E-state index contributed by atoms with van der Waals surface area (Å²) in [5.74, 6) is -0.199. The Morgan fingerprint density at radius 2 is 0.963 bits per heavy atom. The van der Waals surface area contributed by atoms with Gasteiger partial charge < -0.3 is 9.66 Å². The Labute approximate surface area is 211 Å². The van der Waals surface area contributed by atoms with Gasteiger partial charge in [-0.25, -0.2) is 8.42 Å². The minimum atomic E-state index is -4.01. The molecule has 4 nitrogen and oxygen atoms in total. The molecule has 0 rings (SSSR count). The van der Waals surface area contributed by atoms with Crippen LogP contribution in [0, 0.1) is 0 Å². The van der Waals surface area contributed by atoms with Crippen molar-refractivity contribution < 1.29 is 69.5 Å². The number of hydrogen-bond acceptors (Lipinski definition) is 4. The van der Waals surface area contributed by atoms with Crippen molar-refractivity contribution in [2.24, 2.45) is 0 Å². The van der Waals surface area contributed by atoms with E-state index in [1.165, 1.54) is 77.0 Å². The first-order valence-electron chi connectivity index (χ1n) is 11.1. The molecule has 6 heteroatoms. The van der Waals surface area contributed by atoms with E-state index < -0.39 is 10.1 Å². The maximum absolute atomic E-state index is 10.5. The third kappa shape index (κ3) is 27.5. The monoisotopic (exact) mass is 430 g/mol. The van der Waals surface area contributed by atoms with E-state index in [-0.39, 0.29) is 63.2 Å². The predicted octanol–water partition coefficient (Wildman–Crippen LogP) is 2.94. The van der Waals surface area contributed by atoms with E-state index in [1.54, 1.807) is 0 Å². The molecule has 0 spiro atoms. The minimum Gasteiger partial charge on any atom is -0.748 e. The molecule has 0 saturated carbocycles. The summed E-state index contributed by atoms with van der Waals surface area (Å²) in [5.41, 5.74) is 0. The van der Waals surface area contributed by atoms with Crippen molar-refractivity contribution in [2.45, 2.75) is 129 Å². The van der Waals surface area contributed by atoms with Gasteiger partial charge in [-0.05, 0) is 19.3 Å². The van der Waals surface area contributed by atoms with Gasteiger partial charge in [0, 0.05) is 5.75 Å². The Balaban J connectivity index is 0. The van der Waals surface area contributed by atoms with Crippen molar-refractivity contribution >= 4 is 10.1 Å². The minimum absolute atomic E-state index is 0. The quantitative estimate of drug-likeness (QED) is 0.183. The zero-order valence-corrected chi connectivity index (χ0v) is 22.0. The predicted molar refractivity (Wildman–Crippen MR) is 109 cm³/mol. The zero-order valence-electron chi connectivity index (χ0n) is 18.1. The van der Waals surface area contributed by atoms with Crippen LogP contribution in [0.3, 0.4) is 0 Å². The van der Waals surface area contributed by atoms with E-state index >= 15 is 0 Å². The van der Waals surface area contributed by atoms with E-state index in [9.17, 15) is 18.1 Å². The van der Waals surface area contributed by atoms with Crippen molar-refractivity contribution in [1.29, 1.82) is 0 Å². The Kier molecular flexibility index (Phi) is 25.2. The standard InChI is InChI=1S/C21H44O4S.K/c1-2-21(22)19-17-15-13-11-9-7-5-3-4-6-8-10-12-14-16-18-20-26(23,24)25;/h21-22H,2-20H2,1H3,(H,23,24,25);/q;+1/p-1. The Morgan fingerprint density at radius 1 is 0.667 bits per heavy atom. The van der Waals surface area contributed by atoms with Crippen molar-refractivity contribution in [2.75, 3.05) is 5.75 Å². The van der Waals surface area contributed by atoms with Gasteiger partial charge in [0.15, 0.2) is 0 Å². The molecule has 0 aliphatic carbocycles. The molecule has 0 bridgehead atoms. The van der Waals surface area contributed by atoms with E-state index in [4.69, 9.17) is 0 Å². The molecule has 0 aromatic heterocycles. The SMILES string of the molecule is CCC(O)CCCCCCCCCCCCCCCCCCS(=O)(=O)[O-].[K+]. The van der Waals surface area contributed by atoms with Crippen molar-refractivity contribution in [3.05, 3.63) is 0 Å². The molecule has 0 fully saturated rings. The number of rotatable bonds is 20. The zero-order chi connectivity index (χ0) is 19.5. The van der Waals surface area contributed by atoms with Crippen LogP contribution in [0.2, 0.25) is 0 Å². The molecule has 0 saturated heterocycles. The second-order valence-electron chi connectivity index (χ2n) is 7.77. The summed E-state index contributed by atoms with van der Waals surface area (Å²) in [6.45, 7) is 2.04. The first kappa shape index (κ1) is 30.7. The molecular weight excluding hydrogens is 387 g/mol. The van der Waals surface area contributed by atoms with E-state index in [0.717, 1.165) is 32.1 Å². The number of aliphatic hydroxyl groups is 1. The molecule has 0 heterocycles. The summed E-state index contributed by atoms with van der Waals surface area (Å²) >= 11 is 0. The first-order valence-corrected chi connectivity index (χ1v) is 12.6. The number of hydrogen-bond donors (Lipinski definition) is 1. The number of aliphatic hydroxyl groups excluding tert-OH is 1. The second-order valence-corrected chi connectivity index (χ2v) is 9.29. The van der Waals surface area contributed by atoms with Crippen molar-refractivity contribution in [1.82, 2.24) is 0 Å². The third-order valence-electron chi connectivity index (χ3n) is 5.15. The third-order valence-corrected chi connectivity index (χ3v) is 5.94. The Bertz CT molecular complexity index is 388. The van der Waals surface area contributed by atoms with Crippen LogP contribution in [0.5, 0.6) is 0 Å². The fraction of sp³-hybridized carbons (Fsp3) is 1.00. The van der Waals surface area contributed by atoms with Gasteiger partial charge in [-0.15, -0.1) is 0 Å². The van der Waals surface area contributed by atoms with Crippen LogP contribution in [0.15, 0.2) is 0 Å². The van der Waals surface area contributed by atoms with Crippen LogP contribution in [0.1, 0.15) is 122 Å². The van der Waals surface area contributed by atoms with Crippen LogP contribution in [-0.2, 0) is 10.1 Å². The summed E-state index contributed by atoms with van der Waals surface area (Å²) in [6.07, 6.45) is 21.1. The maximum atomic E-state index is 10.5. The van der Waals surface area contributed by atoms with E-state index in [1.807, 2.05) is 6.92 Å². The molecule has 0 aromatic rings. The molecule has 1 N–H and O–H groups in total. The first-order chi connectivity index (χ1) is 12.5. The van der Waals surface area contributed by atoms with Gasteiger partial charge in [-0.2, -0.15) is 0 Å². The number of unbranched alkanes of at least 4 members (excludes halogenated alkanes) is 15. The van der Waals surface area contributed by atoms with Gasteiger partial charge in [0.2, 0.25) is 0 Å². The van der Waals surface area contributed by atoms with Gasteiger partial charge in [-0.3, -0.25) is 0 Å². The molecule has 0 aliphatic rings.